The van der Waals surface area contributed by atoms with Gasteiger partial charge < -0.3 is 10.3 Å². The molecule has 4 nitrogen and oxygen atoms in total. The lowest BCUT2D eigenvalue weighted by atomic mass is 9.65. The van der Waals surface area contributed by atoms with Crippen molar-refractivity contribution in [2.24, 2.45) is 17.3 Å². The molecular weight excluding hydrogens is 333 g/mol. The third-order valence-corrected chi connectivity index (χ3v) is 5.65. The van der Waals surface area contributed by atoms with Crippen molar-refractivity contribution >= 4 is 11.6 Å². The van der Waals surface area contributed by atoms with Gasteiger partial charge >= 0.3 is 6.18 Å². The lowest BCUT2D eigenvalue weighted by molar-refractivity contribution is -0.138. The molecule has 0 aromatic carbocycles. The summed E-state index contributed by atoms with van der Waals surface area (Å²) in [5.41, 5.74) is -2.68. The molecule has 138 valence electrons. The molecule has 2 bridgehead atoms. The molecule has 1 aromatic heterocycles. The van der Waals surface area contributed by atoms with E-state index in [1.165, 1.54) is 12.8 Å². The molecule has 2 saturated carbocycles. The third-order valence-electron chi connectivity index (χ3n) is 5.65. The normalized spacial score (nSPS) is 29.8. The summed E-state index contributed by atoms with van der Waals surface area (Å²) in [6, 6.07) is 0.704. The molecule has 25 heavy (non-hydrogen) atoms. The second-order valence-electron chi connectivity index (χ2n) is 7.80. The molecule has 2 aliphatic carbocycles. The van der Waals surface area contributed by atoms with Crippen LogP contribution < -0.4 is 10.9 Å². The van der Waals surface area contributed by atoms with Gasteiger partial charge in [-0.15, -0.1) is 0 Å². The number of carbonyl (C=O) groups is 1. The van der Waals surface area contributed by atoms with Crippen molar-refractivity contribution in [1.29, 1.82) is 0 Å². The van der Waals surface area contributed by atoms with Gasteiger partial charge in [-0.1, -0.05) is 32.6 Å². The van der Waals surface area contributed by atoms with E-state index < -0.39 is 22.7 Å². The van der Waals surface area contributed by atoms with Crippen LogP contribution in [0.2, 0.25) is 0 Å². The standard InChI is InChI=1S/C18H23F3N2O2/c1-17(8-11-4-2-3-5-12(6-11)9-17)16(25)23-14-7-13(18(19,20)21)10-22-15(14)24/h7,10-12H,2-6,8-9H2,1H3,(H,22,24)(H,23,25). The number of alkyl halides is 3. The number of pyridine rings is 1. The van der Waals surface area contributed by atoms with Crippen LogP contribution in [0.4, 0.5) is 18.9 Å². The predicted octanol–water partition coefficient (Wildman–Crippen LogP) is 4.33. The highest BCUT2D eigenvalue weighted by molar-refractivity contribution is 5.95. The van der Waals surface area contributed by atoms with E-state index in [1.54, 1.807) is 0 Å². The Kier molecular flexibility index (Phi) is 4.68. The van der Waals surface area contributed by atoms with Crippen LogP contribution in [0.5, 0.6) is 0 Å². The first kappa shape index (κ1) is 18.0. The van der Waals surface area contributed by atoms with Gasteiger partial charge in [0.2, 0.25) is 5.91 Å². The summed E-state index contributed by atoms with van der Waals surface area (Å²) in [6.07, 6.45) is 3.18. The Morgan fingerprint density at radius 3 is 2.40 bits per heavy atom. The average Bonchev–Trinajstić information content (AvgIpc) is 2.69. The zero-order chi connectivity index (χ0) is 18.2. The van der Waals surface area contributed by atoms with Crippen molar-refractivity contribution in [2.75, 3.05) is 5.32 Å². The van der Waals surface area contributed by atoms with E-state index in [4.69, 9.17) is 0 Å². The van der Waals surface area contributed by atoms with Crippen LogP contribution in [0.25, 0.3) is 0 Å². The summed E-state index contributed by atoms with van der Waals surface area (Å²) >= 11 is 0. The number of fused-ring (bicyclic) bond motifs is 2. The summed E-state index contributed by atoms with van der Waals surface area (Å²) in [4.78, 5) is 26.7. The fourth-order valence-electron chi connectivity index (χ4n) is 4.50. The van der Waals surface area contributed by atoms with Gasteiger partial charge in [-0.05, 0) is 37.2 Å². The minimum atomic E-state index is -4.58. The molecular formula is C18H23F3N2O2. The number of aromatic nitrogens is 1. The molecule has 7 heteroatoms. The van der Waals surface area contributed by atoms with Crippen LogP contribution in [-0.2, 0) is 11.0 Å². The van der Waals surface area contributed by atoms with Gasteiger partial charge in [0.1, 0.15) is 5.69 Å². The Bertz CT molecular complexity index is 697. The van der Waals surface area contributed by atoms with Crippen molar-refractivity contribution in [3.63, 3.8) is 0 Å². The van der Waals surface area contributed by atoms with Crippen molar-refractivity contribution in [3.8, 4) is 0 Å². The van der Waals surface area contributed by atoms with Crippen molar-refractivity contribution in [3.05, 3.63) is 28.2 Å². The molecule has 2 fully saturated rings. The predicted molar refractivity (Wildman–Crippen MR) is 88.1 cm³/mol. The molecule has 1 amide bonds. The van der Waals surface area contributed by atoms with Crippen LogP contribution in [0.3, 0.4) is 0 Å². The summed E-state index contributed by atoms with van der Waals surface area (Å²) in [6.45, 7) is 1.87. The number of anilines is 1. The van der Waals surface area contributed by atoms with Crippen LogP contribution in [0.15, 0.2) is 17.1 Å². The molecule has 1 aromatic rings. The van der Waals surface area contributed by atoms with Gasteiger partial charge in [0.25, 0.3) is 5.56 Å². The van der Waals surface area contributed by atoms with Gasteiger partial charge in [0.05, 0.1) is 5.56 Å². The Morgan fingerprint density at radius 1 is 1.24 bits per heavy atom. The van der Waals surface area contributed by atoms with E-state index in [0.717, 1.165) is 32.1 Å². The van der Waals surface area contributed by atoms with Gasteiger partial charge in [0, 0.05) is 11.6 Å². The maximum Gasteiger partial charge on any atom is 0.417 e. The first-order valence-electron chi connectivity index (χ1n) is 8.79. The maximum atomic E-state index is 12.8. The monoisotopic (exact) mass is 356 g/mol. The maximum absolute atomic E-state index is 12.8. The molecule has 1 heterocycles. The minimum Gasteiger partial charge on any atom is -0.327 e. The summed E-state index contributed by atoms with van der Waals surface area (Å²) in [5.74, 6) is 0.613. The SMILES string of the molecule is CC1(C(=O)Nc2cc(C(F)(F)F)c[nH]c2=O)CC2CCCCC(C2)C1. The van der Waals surface area contributed by atoms with Crippen LogP contribution in [0.1, 0.15) is 57.4 Å². The highest BCUT2D eigenvalue weighted by Gasteiger charge is 2.43. The van der Waals surface area contributed by atoms with E-state index >= 15 is 0 Å². The highest BCUT2D eigenvalue weighted by Crippen LogP contribution is 2.48. The fraction of sp³-hybridized carbons (Fsp3) is 0.667. The van der Waals surface area contributed by atoms with E-state index in [0.29, 0.717) is 24.1 Å². The second kappa shape index (κ2) is 6.50. The van der Waals surface area contributed by atoms with E-state index in [-0.39, 0.29) is 11.6 Å². The zero-order valence-corrected chi connectivity index (χ0v) is 14.2. The lowest BCUT2D eigenvalue weighted by Gasteiger charge is -2.40. The molecule has 2 aliphatic rings. The number of halogens is 3. The number of hydrogen-bond donors (Lipinski definition) is 2. The molecule has 0 spiro atoms. The quantitative estimate of drug-likeness (QED) is 0.828. The van der Waals surface area contributed by atoms with Gasteiger partial charge in [-0.3, -0.25) is 9.59 Å². The van der Waals surface area contributed by atoms with E-state index in [1.807, 2.05) is 6.92 Å². The Balaban J connectivity index is 1.81. The van der Waals surface area contributed by atoms with Crippen LogP contribution in [0, 0.1) is 17.3 Å². The molecule has 0 aliphatic heterocycles. The van der Waals surface area contributed by atoms with Crippen molar-refractivity contribution in [2.45, 2.75) is 58.0 Å². The van der Waals surface area contributed by atoms with Crippen molar-refractivity contribution < 1.29 is 18.0 Å². The van der Waals surface area contributed by atoms with Crippen LogP contribution >= 0.6 is 0 Å². The fourth-order valence-corrected chi connectivity index (χ4v) is 4.50. The summed E-state index contributed by atoms with van der Waals surface area (Å²) in [7, 11) is 0. The number of nitrogens with one attached hydrogen (secondary N) is 2. The molecule has 0 radical (unpaired) electrons. The Morgan fingerprint density at radius 2 is 1.84 bits per heavy atom. The smallest absolute Gasteiger partial charge is 0.327 e. The Labute approximate surface area is 144 Å². The topological polar surface area (TPSA) is 62.0 Å². The van der Waals surface area contributed by atoms with E-state index in [2.05, 4.69) is 10.3 Å². The largest absolute Gasteiger partial charge is 0.417 e. The third kappa shape index (κ3) is 3.90. The zero-order valence-electron chi connectivity index (χ0n) is 14.2. The number of aromatic amines is 1. The number of hydrogen-bond acceptors (Lipinski definition) is 2. The molecule has 2 N–H and O–H groups in total. The van der Waals surface area contributed by atoms with Gasteiger partial charge in [-0.2, -0.15) is 13.2 Å². The molecule has 0 saturated heterocycles. The van der Waals surface area contributed by atoms with Crippen LogP contribution in [-0.4, -0.2) is 10.9 Å². The lowest BCUT2D eigenvalue weighted by Crippen LogP contribution is -2.41. The average molecular weight is 356 g/mol. The first-order valence-corrected chi connectivity index (χ1v) is 8.79. The summed E-state index contributed by atoms with van der Waals surface area (Å²) < 4.78 is 38.5. The van der Waals surface area contributed by atoms with Gasteiger partial charge in [0.15, 0.2) is 0 Å². The number of amides is 1. The molecule has 3 rings (SSSR count). The Hall–Kier alpha value is -1.79. The molecule has 2 atom stereocenters. The van der Waals surface area contributed by atoms with Gasteiger partial charge in [-0.25, -0.2) is 0 Å². The summed E-state index contributed by atoms with van der Waals surface area (Å²) in [5, 5.41) is 2.46. The molecule has 2 unspecified atom stereocenters. The van der Waals surface area contributed by atoms with Crippen molar-refractivity contribution in [1.82, 2.24) is 4.98 Å². The number of carbonyl (C=O) groups excluding carboxylic acids is 1. The van der Waals surface area contributed by atoms with E-state index in [9.17, 15) is 22.8 Å². The second-order valence-corrected chi connectivity index (χ2v) is 7.80. The number of rotatable bonds is 2. The minimum absolute atomic E-state index is 0.338. The highest BCUT2D eigenvalue weighted by atomic mass is 19.4. The first-order chi connectivity index (χ1) is 11.7. The number of H-pyrrole nitrogens is 1.